The average molecular weight is 459 g/mol. The van der Waals surface area contributed by atoms with Crippen LogP contribution >= 0.6 is 11.6 Å². The lowest BCUT2D eigenvalue weighted by atomic mass is 10.2. The van der Waals surface area contributed by atoms with E-state index in [9.17, 15) is 9.59 Å². The van der Waals surface area contributed by atoms with Crippen LogP contribution in [0.15, 0.2) is 36.4 Å². The monoisotopic (exact) mass is 458 g/mol. The number of benzene rings is 2. The second-order valence-electron chi connectivity index (χ2n) is 6.59. The maximum absolute atomic E-state index is 12.6. The normalized spacial score (nSPS) is 10.5. The molecule has 1 aromatic heterocycles. The van der Waals surface area contributed by atoms with Gasteiger partial charge < -0.3 is 20.1 Å². The molecule has 1 heterocycles. The lowest BCUT2D eigenvalue weighted by Crippen LogP contribution is -2.21. The maximum atomic E-state index is 12.6. The van der Waals surface area contributed by atoms with E-state index in [0.29, 0.717) is 52.5 Å². The van der Waals surface area contributed by atoms with E-state index in [4.69, 9.17) is 21.1 Å². The van der Waals surface area contributed by atoms with Crippen molar-refractivity contribution in [2.24, 2.45) is 0 Å². The molecule has 0 aliphatic carbocycles. The standard InChI is InChI=1S/C21H23ClN6O4/c1-4-31-15-7-9-19(32-5-2)18(11-15)24-20(30)12-28-26-21(25-27-28)14-6-8-17(16(22)10-14)23-13(3)29/h6-11H,4-5,12H2,1-3H3,(H,23,29)(H,24,30). The molecule has 0 saturated heterocycles. The molecule has 11 heteroatoms. The van der Waals surface area contributed by atoms with Gasteiger partial charge in [0.2, 0.25) is 17.6 Å². The summed E-state index contributed by atoms with van der Waals surface area (Å²) in [6, 6.07) is 10.2. The second-order valence-corrected chi connectivity index (χ2v) is 7.00. The van der Waals surface area contributed by atoms with E-state index >= 15 is 0 Å². The van der Waals surface area contributed by atoms with Gasteiger partial charge in [0, 0.05) is 18.6 Å². The van der Waals surface area contributed by atoms with Gasteiger partial charge in [0.25, 0.3) is 0 Å². The van der Waals surface area contributed by atoms with Crippen LogP contribution in [0, 0.1) is 0 Å². The van der Waals surface area contributed by atoms with Crippen molar-refractivity contribution in [3.8, 4) is 22.9 Å². The zero-order valence-corrected chi connectivity index (χ0v) is 18.6. The minimum absolute atomic E-state index is 0.158. The summed E-state index contributed by atoms with van der Waals surface area (Å²) in [6.45, 7) is 5.93. The van der Waals surface area contributed by atoms with E-state index in [1.165, 1.54) is 11.7 Å². The average Bonchev–Trinajstić information content (AvgIpc) is 3.20. The van der Waals surface area contributed by atoms with Gasteiger partial charge in [0.1, 0.15) is 18.0 Å². The topological polar surface area (TPSA) is 120 Å². The number of halogens is 1. The first kappa shape index (κ1) is 23.0. The van der Waals surface area contributed by atoms with Gasteiger partial charge in [-0.2, -0.15) is 4.80 Å². The van der Waals surface area contributed by atoms with Gasteiger partial charge in [0.05, 0.1) is 29.6 Å². The van der Waals surface area contributed by atoms with Crippen molar-refractivity contribution in [2.75, 3.05) is 23.8 Å². The van der Waals surface area contributed by atoms with Crippen LogP contribution in [0.4, 0.5) is 11.4 Å². The number of anilines is 2. The lowest BCUT2D eigenvalue weighted by Gasteiger charge is -2.13. The Balaban J connectivity index is 1.71. The predicted octanol–water partition coefficient (Wildman–Crippen LogP) is 3.39. The minimum Gasteiger partial charge on any atom is -0.494 e. The molecule has 2 N–H and O–H groups in total. The molecule has 0 bridgehead atoms. The third-order valence-electron chi connectivity index (χ3n) is 4.11. The molecular weight excluding hydrogens is 436 g/mol. The van der Waals surface area contributed by atoms with Crippen molar-refractivity contribution < 1.29 is 19.1 Å². The van der Waals surface area contributed by atoms with E-state index < -0.39 is 0 Å². The second kappa shape index (κ2) is 10.6. The summed E-state index contributed by atoms with van der Waals surface area (Å²) in [5.74, 6) is 0.858. The molecule has 10 nitrogen and oxygen atoms in total. The van der Waals surface area contributed by atoms with E-state index in [0.717, 1.165) is 0 Å². The third-order valence-corrected chi connectivity index (χ3v) is 4.42. The van der Waals surface area contributed by atoms with Crippen LogP contribution in [0.1, 0.15) is 20.8 Å². The van der Waals surface area contributed by atoms with Gasteiger partial charge in [-0.15, -0.1) is 10.2 Å². The number of carbonyl (C=O) groups is 2. The molecule has 0 saturated carbocycles. The largest absolute Gasteiger partial charge is 0.494 e. The van der Waals surface area contributed by atoms with Gasteiger partial charge in [-0.25, -0.2) is 0 Å². The van der Waals surface area contributed by atoms with Gasteiger partial charge in [-0.1, -0.05) is 11.6 Å². The molecule has 2 aromatic carbocycles. The van der Waals surface area contributed by atoms with Crippen molar-refractivity contribution in [3.63, 3.8) is 0 Å². The number of nitrogens with one attached hydrogen (secondary N) is 2. The molecule has 0 aliphatic rings. The van der Waals surface area contributed by atoms with Crippen LogP contribution in [-0.4, -0.2) is 45.2 Å². The van der Waals surface area contributed by atoms with Crippen LogP contribution in [0.5, 0.6) is 11.5 Å². The Kier molecular flexibility index (Phi) is 7.61. The number of hydrogen-bond acceptors (Lipinski definition) is 7. The highest BCUT2D eigenvalue weighted by molar-refractivity contribution is 6.34. The summed E-state index contributed by atoms with van der Waals surface area (Å²) < 4.78 is 11.1. The van der Waals surface area contributed by atoms with Crippen molar-refractivity contribution in [1.29, 1.82) is 0 Å². The number of nitrogens with zero attached hydrogens (tertiary/aromatic N) is 4. The number of amides is 2. The molecular formula is C21H23ClN6O4. The zero-order chi connectivity index (χ0) is 23.1. The smallest absolute Gasteiger partial charge is 0.248 e. The van der Waals surface area contributed by atoms with Crippen LogP contribution < -0.4 is 20.1 Å². The van der Waals surface area contributed by atoms with E-state index in [2.05, 4.69) is 26.0 Å². The predicted molar refractivity (Wildman–Crippen MR) is 120 cm³/mol. The highest BCUT2D eigenvalue weighted by Crippen LogP contribution is 2.30. The van der Waals surface area contributed by atoms with Gasteiger partial charge in [-0.3, -0.25) is 9.59 Å². The Hall–Kier alpha value is -3.66. The number of rotatable bonds is 9. The Labute approximate surface area is 189 Å². The highest BCUT2D eigenvalue weighted by atomic mass is 35.5. The first-order valence-electron chi connectivity index (χ1n) is 9.94. The fraction of sp³-hybridized carbons (Fsp3) is 0.286. The van der Waals surface area contributed by atoms with Crippen molar-refractivity contribution in [1.82, 2.24) is 20.2 Å². The van der Waals surface area contributed by atoms with E-state index in [1.807, 2.05) is 13.8 Å². The summed E-state index contributed by atoms with van der Waals surface area (Å²) >= 11 is 6.20. The number of ether oxygens (including phenoxy) is 2. The van der Waals surface area contributed by atoms with Gasteiger partial charge in [-0.05, 0) is 49.4 Å². The Morgan fingerprint density at radius 3 is 2.50 bits per heavy atom. The number of tetrazole rings is 1. The van der Waals surface area contributed by atoms with Crippen LogP contribution in [-0.2, 0) is 16.1 Å². The van der Waals surface area contributed by atoms with Crippen molar-refractivity contribution in [3.05, 3.63) is 41.4 Å². The summed E-state index contributed by atoms with van der Waals surface area (Å²) in [5.41, 5.74) is 1.57. The third kappa shape index (κ3) is 5.94. The minimum atomic E-state index is -0.359. The lowest BCUT2D eigenvalue weighted by molar-refractivity contribution is -0.117. The number of aromatic nitrogens is 4. The first-order valence-corrected chi connectivity index (χ1v) is 10.3. The molecule has 0 aliphatic heterocycles. The summed E-state index contributed by atoms with van der Waals surface area (Å²) in [5, 5.41) is 17.9. The van der Waals surface area contributed by atoms with Crippen molar-refractivity contribution in [2.45, 2.75) is 27.3 Å². The fourth-order valence-electron chi connectivity index (χ4n) is 2.83. The molecule has 0 atom stereocenters. The molecule has 2 amide bonds. The van der Waals surface area contributed by atoms with Gasteiger partial charge >= 0.3 is 0 Å². The molecule has 0 unspecified atom stereocenters. The van der Waals surface area contributed by atoms with E-state index in [-0.39, 0.29) is 18.4 Å². The molecule has 168 valence electrons. The Morgan fingerprint density at radius 1 is 1.03 bits per heavy atom. The number of carbonyl (C=O) groups excluding carboxylic acids is 2. The zero-order valence-electron chi connectivity index (χ0n) is 17.9. The number of hydrogen-bond donors (Lipinski definition) is 2. The fourth-order valence-corrected chi connectivity index (χ4v) is 3.06. The molecule has 3 aromatic rings. The quantitative estimate of drug-likeness (QED) is 0.504. The van der Waals surface area contributed by atoms with Crippen LogP contribution in [0.2, 0.25) is 5.02 Å². The highest BCUT2D eigenvalue weighted by Gasteiger charge is 2.14. The molecule has 3 rings (SSSR count). The Bertz CT molecular complexity index is 1120. The summed E-state index contributed by atoms with van der Waals surface area (Å²) in [4.78, 5) is 24.9. The first-order chi connectivity index (χ1) is 15.4. The maximum Gasteiger partial charge on any atom is 0.248 e. The van der Waals surface area contributed by atoms with Gasteiger partial charge in [0.15, 0.2) is 0 Å². The molecule has 0 fully saturated rings. The van der Waals surface area contributed by atoms with Crippen LogP contribution in [0.3, 0.4) is 0 Å². The van der Waals surface area contributed by atoms with E-state index in [1.54, 1.807) is 36.4 Å². The molecule has 0 radical (unpaired) electrons. The molecule has 32 heavy (non-hydrogen) atoms. The summed E-state index contributed by atoms with van der Waals surface area (Å²) in [7, 11) is 0. The van der Waals surface area contributed by atoms with Crippen molar-refractivity contribution >= 4 is 34.8 Å². The summed E-state index contributed by atoms with van der Waals surface area (Å²) in [6.07, 6.45) is 0. The van der Waals surface area contributed by atoms with Crippen LogP contribution in [0.25, 0.3) is 11.4 Å². The Morgan fingerprint density at radius 2 is 1.81 bits per heavy atom. The SMILES string of the molecule is CCOc1ccc(OCC)c(NC(=O)Cn2nnc(-c3ccc(NC(C)=O)c(Cl)c3)n2)c1. The molecule has 0 spiro atoms.